The highest BCUT2D eigenvalue weighted by atomic mass is 32.2. The van der Waals surface area contributed by atoms with Gasteiger partial charge in [0, 0.05) is 49.2 Å². The fourth-order valence-corrected chi connectivity index (χ4v) is 3.91. The lowest BCUT2D eigenvalue weighted by Gasteiger charge is -2.21. The number of methoxy groups -OCH3 is 1. The largest absolute Gasteiger partial charge is 0.451 e. The van der Waals surface area contributed by atoms with Crippen LogP contribution >= 0.6 is 0 Å². The molecule has 0 saturated carbocycles. The Morgan fingerprint density at radius 2 is 1.86 bits per heavy atom. The maximum atomic E-state index is 12.5. The van der Waals surface area contributed by atoms with Gasteiger partial charge in [-0.2, -0.15) is 0 Å². The molecule has 0 spiro atoms. The SMILES string of the molecule is COCC1=[C]Oc2c(cc(S(C)(=O)=O)cc2-c2cn(C)c(=O)c3ccccc23)O1. The van der Waals surface area contributed by atoms with E-state index in [0.717, 1.165) is 6.26 Å². The molecule has 29 heavy (non-hydrogen) atoms. The minimum absolute atomic E-state index is 0.0754. The molecule has 149 valence electrons. The first-order valence-electron chi connectivity index (χ1n) is 8.72. The van der Waals surface area contributed by atoms with Crippen LogP contribution in [0.25, 0.3) is 21.9 Å². The summed E-state index contributed by atoms with van der Waals surface area (Å²) in [4.78, 5) is 12.6. The molecule has 2 heterocycles. The third-order valence-corrected chi connectivity index (χ3v) is 5.70. The number of rotatable bonds is 4. The molecule has 1 radical (unpaired) electrons. The van der Waals surface area contributed by atoms with E-state index in [2.05, 4.69) is 6.26 Å². The van der Waals surface area contributed by atoms with Crippen molar-refractivity contribution >= 4 is 20.6 Å². The highest BCUT2D eigenvalue weighted by molar-refractivity contribution is 7.90. The number of pyridine rings is 1. The molecular weight excluding hydrogens is 394 g/mol. The first-order chi connectivity index (χ1) is 13.8. The van der Waals surface area contributed by atoms with Gasteiger partial charge in [0.25, 0.3) is 5.56 Å². The topological polar surface area (TPSA) is 83.8 Å². The van der Waals surface area contributed by atoms with Crippen LogP contribution in [-0.4, -0.2) is 33.0 Å². The van der Waals surface area contributed by atoms with E-state index in [1.165, 1.54) is 23.8 Å². The average Bonchev–Trinajstić information content (AvgIpc) is 2.69. The minimum atomic E-state index is -3.53. The molecule has 0 saturated heterocycles. The van der Waals surface area contributed by atoms with Crippen molar-refractivity contribution in [3.05, 3.63) is 65.0 Å². The molecule has 0 atom stereocenters. The minimum Gasteiger partial charge on any atom is -0.451 e. The van der Waals surface area contributed by atoms with Gasteiger partial charge in [0.15, 0.2) is 27.1 Å². The highest BCUT2D eigenvalue weighted by Crippen LogP contribution is 2.44. The Hall–Kier alpha value is -3.10. The van der Waals surface area contributed by atoms with Crippen LogP contribution in [0.3, 0.4) is 0 Å². The Kier molecular flexibility index (Phi) is 4.68. The molecule has 0 N–H and O–H groups in total. The van der Waals surface area contributed by atoms with Crippen molar-refractivity contribution in [3.8, 4) is 22.6 Å². The molecule has 1 aromatic heterocycles. The van der Waals surface area contributed by atoms with Crippen molar-refractivity contribution < 1.29 is 22.6 Å². The maximum absolute atomic E-state index is 12.5. The van der Waals surface area contributed by atoms with Crippen molar-refractivity contribution in [1.29, 1.82) is 0 Å². The molecule has 4 rings (SSSR count). The number of benzene rings is 2. The van der Waals surface area contributed by atoms with Crippen molar-refractivity contribution in [2.45, 2.75) is 4.90 Å². The van der Waals surface area contributed by atoms with Crippen molar-refractivity contribution in [2.75, 3.05) is 20.0 Å². The van der Waals surface area contributed by atoms with Crippen LogP contribution < -0.4 is 15.0 Å². The summed E-state index contributed by atoms with van der Waals surface area (Å²) in [6.07, 6.45) is 5.45. The molecule has 0 bridgehead atoms. The van der Waals surface area contributed by atoms with Gasteiger partial charge in [-0.3, -0.25) is 4.79 Å². The standard InChI is InChI=1S/C21H18NO6S/c1-22-10-18(15-6-4-5-7-16(15)21(22)23)17-8-14(29(3,24)25)9-19-20(17)27-12-13(28-19)11-26-2/h4-10H,11H2,1-3H3. The van der Waals surface area contributed by atoms with Crippen LogP contribution in [0.4, 0.5) is 0 Å². The van der Waals surface area contributed by atoms with E-state index in [0.29, 0.717) is 33.4 Å². The fraction of sp³-hybridized carbons (Fsp3) is 0.190. The van der Waals surface area contributed by atoms with Gasteiger partial charge in [-0.25, -0.2) is 8.42 Å². The zero-order chi connectivity index (χ0) is 20.8. The molecule has 3 aromatic rings. The van der Waals surface area contributed by atoms with Crippen LogP contribution in [0.15, 0.2) is 58.0 Å². The van der Waals surface area contributed by atoms with Gasteiger partial charge in [-0.15, -0.1) is 0 Å². The molecule has 0 amide bonds. The summed E-state index contributed by atoms with van der Waals surface area (Å²) in [6, 6.07) is 10.1. The zero-order valence-corrected chi connectivity index (χ0v) is 16.9. The molecule has 1 aliphatic heterocycles. The summed E-state index contributed by atoms with van der Waals surface area (Å²) in [5, 5.41) is 1.20. The molecule has 8 heteroatoms. The summed E-state index contributed by atoms with van der Waals surface area (Å²) in [5.74, 6) is 0.856. The first kappa shape index (κ1) is 19.2. The number of hydrogen-bond acceptors (Lipinski definition) is 6. The Morgan fingerprint density at radius 3 is 2.55 bits per heavy atom. The normalized spacial score (nSPS) is 13.4. The maximum Gasteiger partial charge on any atom is 0.258 e. The van der Waals surface area contributed by atoms with Gasteiger partial charge in [-0.05, 0) is 17.5 Å². The lowest BCUT2D eigenvalue weighted by molar-refractivity contribution is 0.171. The van der Waals surface area contributed by atoms with Crippen LogP contribution in [0, 0.1) is 6.26 Å². The number of aryl methyl sites for hydroxylation is 1. The number of nitrogens with zero attached hydrogens (tertiary/aromatic N) is 1. The van der Waals surface area contributed by atoms with E-state index in [1.807, 2.05) is 12.1 Å². The van der Waals surface area contributed by atoms with Gasteiger partial charge in [-0.1, -0.05) is 18.2 Å². The molecule has 0 fully saturated rings. The molecule has 0 aliphatic carbocycles. The Morgan fingerprint density at radius 1 is 1.14 bits per heavy atom. The highest BCUT2D eigenvalue weighted by Gasteiger charge is 2.25. The molecule has 7 nitrogen and oxygen atoms in total. The summed E-state index contributed by atoms with van der Waals surface area (Å²) in [5.41, 5.74) is 0.979. The van der Waals surface area contributed by atoms with E-state index >= 15 is 0 Å². The first-order valence-corrected chi connectivity index (χ1v) is 10.6. The predicted octanol–water partition coefficient (Wildman–Crippen LogP) is 2.67. The number of fused-ring (bicyclic) bond motifs is 2. The summed E-state index contributed by atoms with van der Waals surface area (Å²) in [7, 11) is -0.387. The molecule has 1 aliphatic rings. The van der Waals surface area contributed by atoms with Crippen LogP contribution in [0.2, 0.25) is 0 Å². The van der Waals surface area contributed by atoms with Crippen LogP contribution in [-0.2, 0) is 21.6 Å². The van der Waals surface area contributed by atoms with E-state index in [1.54, 1.807) is 25.4 Å². The average molecular weight is 412 g/mol. The lowest BCUT2D eigenvalue weighted by atomic mass is 9.99. The second-order valence-electron chi connectivity index (χ2n) is 6.74. The van der Waals surface area contributed by atoms with Gasteiger partial charge in [0.05, 0.1) is 4.90 Å². The summed E-state index contributed by atoms with van der Waals surface area (Å²) < 4.78 is 42.5. The van der Waals surface area contributed by atoms with Crippen molar-refractivity contribution in [3.63, 3.8) is 0 Å². The molecule has 0 unspecified atom stereocenters. The van der Waals surface area contributed by atoms with Crippen molar-refractivity contribution in [2.24, 2.45) is 7.05 Å². The van der Waals surface area contributed by atoms with Gasteiger partial charge in [0.1, 0.15) is 6.61 Å². The summed E-state index contributed by atoms with van der Waals surface area (Å²) >= 11 is 0. The van der Waals surface area contributed by atoms with Gasteiger partial charge in [0.2, 0.25) is 6.26 Å². The van der Waals surface area contributed by atoms with E-state index < -0.39 is 9.84 Å². The van der Waals surface area contributed by atoms with E-state index in [9.17, 15) is 13.2 Å². The fourth-order valence-electron chi connectivity index (χ4n) is 3.25. The quantitative estimate of drug-likeness (QED) is 0.655. The molecular formula is C21H18NO6S. The van der Waals surface area contributed by atoms with E-state index in [4.69, 9.17) is 14.2 Å². The number of sulfone groups is 1. The number of hydrogen-bond donors (Lipinski definition) is 0. The van der Waals surface area contributed by atoms with E-state index in [-0.39, 0.29) is 22.8 Å². The van der Waals surface area contributed by atoms with Crippen LogP contribution in [0.5, 0.6) is 11.5 Å². The summed E-state index contributed by atoms with van der Waals surface area (Å²) in [6.45, 7) is 0.126. The second-order valence-corrected chi connectivity index (χ2v) is 8.75. The third kappa shape index (κ3) is 3.41. The third-order valence-electron chi connectivity index (χ3n) is 4.61. The molecule has 2 aromatic carbocycles. The van der Waals surface area contributed by atoms with Crippen molar-refractivity contribution in [1.82, 2.24) is 4.57 Å². The smallest absolute Gasteiger partial charge is 0.258 e. The number of ether oxygens (including phenoxy) is 3. The second kappa shape index (κ2) is 7.06. The number of aromatic nitrogens is 1. The van der Waals surface area contributed by atoms with Crippen LogP contribution in [0.1, 0.15) is 0 Å². The Balaban J connectivity index is 2.04. The predicted molar refractivity (Wildman–Crippen MR) is 108 cm³/mol. The monoisotopic (exact) mass is 412 g/mol. The Bertz CT molecular complexity index is 1320. The van der Waals surface area contributed by atoms with Gasteiger partial charge >= 0.3 is 0 Å². The zero-order valence-electron chi connectivity index (χ0n) is 16.1. The Labute approximate surface area is 167 Å². The van der Waals surface area contributed by atoms with Gasteiger partial charge < -0.3 is 18.8 Å². The lowest BCUT2D eigenvalue weighted by Crippen LogP contribution is -2.17.